The van der Waals surface area contributed by atoms with Gasteiger partial charge in [0, 0.05) is 34.1 Å². The molecule has 1 aromatic carbocycles. The molecule has 0 bridgehead atoms. The Kier molecular flexibility index (Phi) is 3.44. The van der Waals surface area contributed by atoms with Crippen molar-refractivity contribution in [3.05, 3.63) is 51.5 Å². The molecule has 5 rings (SSSR count). The van der Waals surface area contributed by atoms with E-state index in [1.165, 1.54) is 39.0 Å². The summed E-state index contributed by atoms with van der Waals surface area (Å²) in [5.74, 6) is 0.782. The first kappa shape index (κ1) is 15.9. The predicted molar refractivity (Wildman–Crippen MR) is 107 cm³/mol. The van der Waals surface area contributed by atoms with Crippen molar-refractivity contribution in [2.45, 2.75) is 39.3 Å². The number of rotatable bonds is 1. The van der Waals surface area contributed by atoms with Crippen molar-refractivity contribution in [1.29, 1.82) is 0 Å². The highest BCUT2D eigenvalue weighted by molar-refractivity contribution is 7.16. The molecule has 2 aliphatic rings. The van der Waals surface area contributed by atoms with Gasteiger partial charge in [0.25, 0.3) is 5.91 Å². The molecule has 0 spiro atoms. The van der Waals surface area contributed by atoms with Gasteiger partial charge in [0.2, 0.25) is 0 Å². The van der Waals surface area contributed by atoms with Crippen LogP contribution in [-0.2, 0) is 19.9 Å². The Morgan fingerprint density at radius 1 is 1.23 bits per heavy atom. The second-order valence-electron chi connectivity index (χ2n) is 7.68. The zero-order valence-corrected chi connectivity index (χ0v) is 16.2. The molecule has 3 aromatic rings. The smallest absolute Gasteiger partial charge is 0.256 e. The fourth-order valence-electron chi connectivity index (χ4n) is 4.52. The number of nitrogens with one attached hydrogen (secondary N) is 2. The second kappa shape index (κ2) is 5.61. The van der Waals surface area contributed by atoms with E-state index >= 15 is 0 Å². The van der Waals surface area contributed by atoms with E-state index in [9.17, 15) is 4.79 Å². The summed E-state index contributed by atoms with van der Waals surface area (Å²) in [7, 11) is 2.09. The van der Waals surface area contributed by atoms with Crippen LogP contribution in [0.4, 0.5) is 5.00 Å². The van der Waals surface area contributed by atoms with Crippen LogP contribution in [0.15, 0.2) is 24.3 Å². The first-order valence-corrected chi connectivity index (χ1v) is 10.1. The maximum absolute atomic E-state index is 13.0. The number of nitrogens with zero attached hydrogens (tertiary/aromatic N) is 1. The largest absolute Gasteiger partial charge is 0.353 e. The standard InChI is InChI=1S/C21H23N3OS/c1-11-8-9-14-16(10-11)26-21-18(14)20(25)22-19(23-21)17-12(2)24(3)15-7-5-4-6-13(15)17/h4-7,11,19,23H,8-10H2,1-3H3,(H,22,25)/t11-,19-/m0/s1. The molecule has 2 N–H and O–H groups in total. The summed E-state index contributed by atoms with van der Waals surface area (Å²) >= 11 is 1.78. The average Bonchev–Trinajstić information content (AvgIpc) is 3.10. The van der Waals surface area contributed by atoms with E-state index in [2.05, 4.69) is 60.4 Å². The van der Waals surface area contributed by atoms with Crippen molar-refractivity contribution < 1.29 is 4.79 Å². The molecule has 0 radical (unpaired) electrons. The number of aromatic nitrogens is 1. The van der Waals surface area contributed by atoms with Crippen molar-refractivity contribution in [2.24, 2.45) is 13.0 Å². The number of thiophene rings is 1. The second-order valence-corrected chi connectivity index (χ2v) is 8.79. The lowest BCUT2D eigenvalue weighted by molar-refractivity contribution is 0.0935. The zero-order chi connectivity index (χ0) is 18.0. The number of amides is 1. The van der Waals surface area contributed by atoms with Crippen molar-refractivity contribution in [1.82, 2.24) is 9.88 Å². The number of anilines is 1. The van der Waals surface area contributed by atoms with Crippen molar-refractivity contribution in [3.63, 3.8) is 0 Å². The summed E-state index contributed by atoms with van der Waals surface area (Å²) in [4.78, 5) is 14.4. The van der Waals surface area contributed by atoms with Gasteiger partial charge in [-0.05, 0) is 43.7 Å². The molecule has 1 amide bonds. The lowest BCUT2D eigenvalue weighted by Gasteiger charge is -2.27. The lowest BCUT2D eigenvalue weighted by atomic mass is 9.88. The van der Waals surface area contributed by atoms with Crippen LogP contribution in [0.1, 0.15) is 51.6 Å². The zero-order valence-electron chi connectivity index (χ0n) is 15.3. The van der Waals surface area contributed by atoms with Crippen LogP contribution in [0.2, 0.25) is 0 Å². The van der Waals surface area contributed by atoms with E-state index in [0.717, 1.165) is 23.4 Å². The fraction of sp³-hybridized carbons (Fsp3) is 0.381. The SMILES string of the molecule is Cc1c([C@H]2NC(=O)c3c(sc4c3CC[C@H](C)C4)N2)c2ccccc2n1C. The monoisotopic (exact) mass is 365 g/mol. The topological polar surface area (TPSA) is 46.1 Å². The highest BCUT2D eigenvalue weighted by atomic mass is 32.1. The van der Waals surface area contributed by atoms with E-state index in [1.54, 1.807) is 11.3 Å². The van der Waals surface area contributed by atoms with Crippen molar-refractivity contribution in [2.75, 3.05) is 5.32 Å². The van der Waals surface area contributed by atoms with Gasteiger partial charge in [0.05, 0.1) is 5.56 Å². The molecule has 134 valence electrons. The third kappa shape index (κ3) is 2.16. The fourth-order valence-corrected chi connectivity index (χ4v) is 5.96. The number of hydrogen-bond acceptors (Lipinski definition) is 3. The van der Waals surface area contributed by atoms with E-state index in [-0.39, 0.29) is 12.1 Å². The van der Waals surface area contributed by atoms with Crippen molar-refractivity contribution >= 4 is 33.1 Å². The van der Waals surface area contributed by atoms with Gasteiger partial charge in [-0.25, -0.2) is 0 Å². The van der Waals surface area contributed by atoms with Crippen LogP contribution in [0.25, 0.3) is 10.9 Å². The number of hydrogen-bond donors (Lipinski definition) is 2. The molecule has 2 aromatic heterocycles. The number of aryl methyl sites for hydroxylation is 1. The van der Waals surface area contributed by atoms with Gasteiger partial charge in [-0.3, -0.25) is 4.79 Å². The Balaban J connectivity index is 1.61. The predicted octanol–water partition coefficient (Wildman–Crippen LogP) is 4.53. The maximum atomic E-state index is 13.0. The van der Waals surface area contributed by atoms with E-state index < -0.39 is 0 Å². The minimum Gasteiger partial charge on any atom is -0.353 e. The molecular formula is C21H23N3OS. The Labute approximate surface area is 157 Å². The lowest BCUT2D eigenvalue weighted by Crippen LogP contribution is -2.38. The van der Waals surface area contributed by atoms with Crippen LogP contribution in [0, 0.1) is 12.8 Å². The normalized spacial score (nSPS) is 21.9. The molecule has 1 aliphatic heterocycles. The summed E-state index contributed by atoms with van der Waals surface area (Å²) in [6.07, 6.45) is 3.11. The Morgan fingerprint density at radius 3 is 2.88 bits per heavy atom. The molecule has 5 heteroatoms. The third-order valence-electron chi connectivity index (χ3n) is 6.03. The van der Waals surface area contributed by atoms with Gasteiger partial charge in [-0.1, -0.05) is 25.1 Å². The molecule has 0 unspecified atom stereocenters. The summed E-state index contributed by atoms with van der Waals surface area (Å²) in [6, 6.07) is 8.40. The molecule has 4 nitrogen and oxygen atoms in total. The molecule has 2 atom stereocenters. The quantitative estimate of drug-likeness (QED) is 0.666. The Bertz CT molecular complexity index is 1050. The average molecular weight is 366 g/mol. The minimum absolute atomic E-state index is 0.0723. The van der Waals surface area contributed by atoms with Crippen LogP contribution < -0.4 is 10.6 Å². The summed E-state index contributed by atoms with van der Waals surface area (Å²) in [5.41, 5.74) is 5.72. The molecular weight excluding hydrogens is 342 g/mol. The molecule has 0 fully saturated rings. The minimum atomic E-state index is -0.182. The van der Waals surface area contributed by atoms with Gasteiger partial charge in [0.15, 0.2) is 0 Å². The number of carbonyl (C=O) groups excluding carboxylic acids is 1. The van der Waals surface area contributed by atoms with Gasteiger partial charge in [-0.2, -0.15) is 0 Å². The molecule has 0 saturated heterocycles. The van der Waals surface area contributed by atoms with Gasteiger partial charge >= 0.3 is 0 Å². The summed E-state index contributed by atoms with van der Waals surface area (Å²) in [6.45, 7) is 4.43. The summed E-state index contributed by atoms with van der Waals surface area (Å²) < 4.78 is 2.20. The first-order chi connectivity index (χ1) is 12.5. The van der Waals surface area contributed by atoms with Gasteiger partial charge in [-0.15, -0.1) is 11.3 Å². The van der Waals surface area contributed by atoms with E-state index in [4.69, 9.17) is 0 Å². The Morgan fingerprint density at radius 2 is 2.04 bits per heavy atom. The highest BCUT2D eigenvalue weighted by Gasteiger charge is 2.34. The first-order valence-electron chi connectivity index (χ1n) is 9.30. The number of carbonyl (C=O) groups is 1. The third-order valence-corrected chi connectivity index (χ3v) is 7.21. The van der Waals surface area contributed by atoms with Crippen LogP contribution in [-0.4, -0.2) is 10.5 Å². The molecule has 3 heterocycles. The van der Waals surface area contributed by atoms with Gasteiger partial charge < -0.3 is 15.2 Å². The Hall–Kier alpha value is -2.27. The summed E-state index contributed by atoms with van der Waals surface area (Å²) in [5, 5.41) is 9.11. The molecule has 26 heavy (non-hydrogen) atoms. The maximum Gasteiger partial charge on any atom is 0.256 e. The van der Waals surface area contributed by atoms with E-state index in [1.807, 2.05) is 0 Å². The highest BCUT2D eigenvalue weighted by Crippen LogP contribution is 2.43. The van der Waals surface area contributed by atoms with Gasteiger partial charge in [0.1, 0.15) is 11.2 Å². The number of benzene rings is 1. The number of para-hydroxylation sites is 1. The van der Waals surface area contributed by atoms with Crippen molar-refractivity contribution in [3.8, 4) is 0 Å². The van der Waals surface area contributed by atoms with Crippen LogP contribution >= 0.6 is 11.3 Å². The molecule has 1 aliphatic carbocycles. The van der Waals surface area contributed by atoms with E-state index in [0.29, 0.717) is 5.92 Å². The van der Waals surface area contributed by atoms with Crippen LogP contribution in [0.5, 0.6) is 0 Å². The molecule has 0 saturated carbocycles. The van der Waals surface area contributed by atoms with Crippen LogP contribution in [0.3, 0.4) is 0 Å². The number of fused-ring (bicyclic) bond motifs is 4.